The van der Waals surface area contributed by atoms with E-state index >= 15 is 0 Å². The van der Waals surface area contributed by atoms with Gasteiger partial charge in [-0.15, -0.1) is 0 Å². The van der Waals surface area contributed by atoms with Gasteiger partial charge in [0.2, 0.25) is 5.91 Å². The molecule has 1 aliphatic carbocycles. The highest BCUT2D eigenvalue weighted by atomic mass is 16.5. The van der Waals surface area contributed by atoms with Crippen molar-refractivity contribution < 1.29 is 19.4 Å². The van der Waals surface area contributed by atoms with Crippen LogP contribution in [0.2, 0.25) is 0 Å². The first-order chi connectivity index (χ1) is 7.98. The Morgan fingerprint density at radius 3 is 2.59 bits per heavy atom. The Bertz CT molecular complexity index is 288. The molecule has 0 saturated heterocycles. The highest BCUT2D eigenvalue weighted by Crippen LogP contribution is 2.28. The standard InChI is InChI=1S/C12H21NO4/c1-3-6-12(2,11(15)16)13-10(14)8-17-7-9-4-5-9/h9H,3-8H2,1-2H3,(H,13,14)(H,15,16). The van der Waals surface area contributed by atoms with E-state index in [0.717, 1.165) is 0 Å². The van der Waals surface area contributed by atoms with E-state index in [0.29, 0.717) is 25.4 Å². The van der Waals surface area contributed by atoms with Crippen LogP contribution in [0.25, 0.3) is 0 Å². The average Bonchev–Trinajstić information content (AvgIpc) is 3.01. The average molecular weight is 243 g/mol. The van der Waals surface area contributed by atoms with Crippen molar-refractivity contribution in [1.82, 2.24) is 5.32 Å². The van der Waals surface area contributed by atoms with Crippen molar-refractivity contribution >= 4 is 11.9 Å². The minimum atomic E-state index is -1.19. The number of hydrogen-bond donors (Lipinski definition) is 2. The normalized spacial score (nSPS) is 18.5. The highest BCUT2D eigenvalue weighted by Gasteiger charge is 2.33. The van der Waals surface area contributed by atoms with Gasteiger partial charge >= 0.3 is 5.97 Å². The molecule has 1 amide bonds. The zero-order chi connectivity index (χ0) is 12.9. The molecule has 5 nitrogen and oxygen atoms in total. The molecule has 1 rings (SSSR count). The lowest BCUT2D eigenvalue weighted by molar-refractivity contribution is -0.148. The largest absolute Gasteiger partial charge is 0.480 e. The van der Waals surface area contributed by atoms with Gasteiger partial charge in [0.25, 0.3) is 0 Å². The molecule has 2 N–H and O–H groups in total. The molecule has 1 aliphatic rings. The number of rotatable bonds is 8. The van der Waals surface area contributed by atoms with E-state index in [4.69, 9.17) is 9.84 Å². The Labute approximate surface area is 102 Å². The maximum absolute atomic E-state index is 11.5. The van der Waals surface area contributed by atoms with Crippen LogP contribution in [0.3, 0.4) is 0 Å². The van der Waals surface area contributed by atoms with Gasteiger partial charge in [0, 0.05) is 0 Å². The molecule has 0 heterocycles. The van der Waals surface area contributed by atoms with Crippen molar-refractivity contribution in [2.75, 3.05) is 13.2 Å². The second-order valence-electron chi connectivity index (χ2n) is 4.89. The summed E-state index contributed by atoms with van der Waals surface area (Å²) in [5.74, 6) is -0.761. The Balaban J connectivity index is 2.31. The van der Waals surface area contributed by atoms with Crippen molar-refractivity contribution in [2.45, 2.75) is 45.1 Å². The van der Waals surface area contributed by atoms with Gasteiger partial charge in [0.05, 0.1) is 6.61 Å². The predicted octanol–water partition coefficient (Wildman–Crippen LogP) is 1.17. The molecule has 17 heavy (non-hydrogen) atoms. The Kier molecular flexibility index (Phi) is 4.93. The summed E-state index contributed by atoms with van der Waals surface area (Å²) in [7, 11) is 0. The Hall–Kier alpha value is -1.10. The summed E-state index contributed by atoms with van der Waals surface area (Å²) < 4.78 is 5.22. The van der Waals surface area contributed by atoms with Gasteiger partial charge in [-0.25, -0.2) is 4.79 Å². The molecule has 1 atom stereocenters. The first-order valence-electron chi connectivity index (χ1n) is 6.10. The van der Waals surface area contributed by atoms with Crippen LogP contribution in [0.4, 0.5) is 0 Å². The molecule has 0 spiro atoms. The second kappa shape index (κ2) is 6.00. The number of carboxylic acids is 1. The topological polar surface area (TPSA) is 75.6 Å². The Morgan fingerprint density at radius 1 is 1.47 bits per heavy atom. The summed E-state index contributed by atoms with van der Waals surface area (Å²) >= 11 is 0. The van der Waals surface area contributed by atoms with Crippen LogP contribution in [-0.2, 0) is 14.3 Å². The van der Waals surface area contributed by atoms with Crippen LogP contribution in [0.1, 0.15) is 39.5 Å². The fraction of sp³-hybridized carbons (Fsp3) is 0.833. The minimum Gasteiger partial charge on any atom is -0.480 e. The quantitative estimate of drug-likeness (QED) is 0.671. The van der Waals surface area contributed by atoms with Crippen LogP contribution in [0.15, 0.2) is 0 Å². The number of carbonyl (C=O) groups excluding carboxylic acids is 1. The van der Waals surface area contributed by atoms with Crippen molar-refractivity contribution in [3.63, 3.8) is 0 Å². The van der Waals surface area contributed by atoms with Crippen LogP contribution in [-0.4, -0.2) is 35.7 Å². The number of ether oxygens (including phenoxy) is 1. The highest BCUT2D eigenvalue weighted by molar-refractivity contribution is 5.87. The summed E-state index contributed by atoms with van der Waals surface area (Å²) in [5, 5.41) is 11.6. The van der Waals surface area contributed by atoms with Gasteiger partial charge in [0.1, 0.15) is 12.1 Å². The van der Waals surface area contributed by atoms with Gasteiger partial charge in [-0.3, -0.25) is 4.79 Å². The van der Waals surface area contributed by atoms with Gasteiger partial charge in [-0.1, -0.05) is 13.3 Å². The summed E-state index contributed by atoms with van der Waals surface area (Å²) in [5.41, 5.74) is -1.19. The molecule has 1 saturated carbocycles. The van der Waals surface area contributed by atoms with Crippen LogP contribution >= 0.6 is 0 Å². The van der Waals surface area contributed by atoms with Crippen molar-refractivity contribution in [3.05, 3.63) is 0 Å². The molecule has 1 unspecified atom stereocenters. The van der Waals surface area contributed by atoms with Gasteiger partial charge < -0.3 is 15.2 Å². The monoisotopic (exact) mass is 243 g/mol. The molecule has 0 aliphatic heterocycles. The maximum Gasteiger partial charge on any atom is 0.329 e. The molecule has 0 aromatic carbocycles. The molecule has 0 aromatic heterocycles. The number of carboxylic acid groups (broad SMARTS) is 1. The number of amides is 1. The number of nitrogens with one attached hydrogen (secondary N) is 1. The lowest BCUT2D eigenvalue weighted by atomic mass is 9.96. The lowest BCUT2D eigenvalue weighted by Gasteiger charge is -2.25. The fourth-order valence-electron chi connectivity index (χ4n) is 1.67. The smallest absolute Gasteiger partial charge is 0.329 e. The zero-order valence-electron chi connectivity index (χ0n) is 10.5. The molecule has 1 fully saturated rings. The molecular formula is C12H21NO4. The third-order valence-electron chi connectivity index (χ3n) is 2.92. The lowest BCUT2D eigenvalue weighted by Crippen LogP contribution is -2.53. The van der Waals surface area contributed by atoms with Crippen LogP contribution < -0.4 is 5.32 Å². The minimum absolute atomic E-state index is 0.0525. The van der Waals surface area contributed by atoms with E-state index in [2.05, 4.69) is 5.32 Å². The third-order valence-corrected chi connectivity index (χ3v) is 2.92. The van der Waals surface area contributed by atoms with Gasteiger partial charge in [-0.05, 0) is 32.1 Å². The number of aliphatic carboxylic acids is 1. The maximum atomic E-state index is 11.5. The SMILES string of the molecule is CCCC(C)(NC(=O)COCC1CC1)C(=O)O. The van der Waals surface area contributed by atoms with E-state index < -0.39 is 11.5 Å². The molecule has 0 aromatic rings. The van der Waals surface area contributed by atoms with E-state index in [1.54, 1.807) is 0 Å². The molecule has 0 radical (unpaired) electrons. The Morgan fingerprint density at radius 2 is 2.12 bits per heavy atom. The number of carbonyl (C=O) groups is 2. The van der Waals surface area contributed by atoms with Crippen molar-refractivity contribution in [1.29, 1.82) is 0 Å². The zero-order valence-corrected chi connectivity index (χ0v) is 10.5. The van der Waals surface area contributed by atoms with Crippen molar-refractivity contribution in [3.8, 4) is 0 Å². The van der Waals surface area contributed by atoms with Gasteiger partial charge in [-0.2, -0.15) is 0 Å². The summed E-state index contributed by atoms with van der Waals surface area (Å²) in [4.78, 5) is 22.6. The molecule has 98 valence electrons. The molecule has 5 heteroatoms. The molecule has 0 bridgehead atoms. The van der Waals surface area contributed by atoms with Crippen LogP contribution in [0.5, 0.6) is 0 Å². The third kappa shape index (κ3) is 4.73. The van der Waals surface area contributed by atoms with E-state index in [1.165, 1.54) is 19.8 Å². The summed E-state index contributed by atoms with van der Waals surface area (Å²) in [6, 6.07) is 0. The number of hydrogen-bond acceptors (Lipinski definition) is 3. The van der Waals surface area contributed by atoms with E-state index in [9.17, 15) is 9.59 Å². The summed E-state index contributed by atoms with van der Waals surface area (Å²) in [6.07, 6.45) is 3.46. The first-order valence-corrected chi connectivity index (χ1v) is 6.10. The van der Waals surface area contributed by atoms with E-state index in [-0.39, 0.29) is 12.5 Å². The molecular weight excluding hydrogens is 222 g/mol. The van der Waals surface area contributed by atoms with Crippen molar-refractivity contribution in [2.24, 2.45) is 5.92 Å². The second-order valence-corrected chi connectivity index (χ2v) is 4.89. The first kappa shape index (κ1) is 14.0. The van der Waals surface area contributed by atoms with Gasteiger partial charge in [0.15, 0.2) is 0 Å². The predicted molar refractivity (Wildman–Crippen MR) is 62.6 cm³/mol. The van der Waals surface area contributed by atoms with E-state index in [1.807, 2.05) is 6.92 Å². The summed E-state index contributed by atoms with van der Waals surface area (Å²) in [6.45, 7) is 3.96. The fourth-order valence-corrected chi connectivity index (χ4v) is 1.67. The van der Waals surface area contributed by atoms with Crippen LogP contribution in [0, 0.1) is 5.92 Å².